The first-order valence-corrected chi connectivity index (χ1v) is 11.9. The minimum Gasteiger partial charge on any atom is -0.493 e. The first kappa shape index (κ1) is 23.1. The zero-order valence-corrected chi connectivity index (χ0v) is 21.1. The minimum atomic E-state index is -0.324. The first-order valence-electron chi connectivity index (χ1n) is 10.7. The number of furan rings is 1. The Morgan fingerprint density at radius 2 is 1.97 bits per heavy atom. The van der Waals surface area contributed by atoms with Crippen molar-refractivity contribution in [1.82, 2.24) is 9.66 Å². The van der Waals surface area contributed by atoms with E-state index in [0.29, 0.717) is 50.9 Å². The van der Waals surface area contributed by atoms with Crippen molar-refractivity contribution >= 4 is 55.6 Å². The van der Waals surface area contributed by atoms with Crippen LogP contribution in [0.2, 0.25) is 5.02 Å². The van der Waals surface area contributed by atoms with Gasteiger partial charge in [0, 0.05) is 20.4 Å². The van der Waals surface area contributed by atoms with Crippen molar-refractivity contribution in [3.05, 3.63) is 86.1 Å². The molecule has 5 aromatic rings. The maximum atomic E-state index is 13.5. The molecule has 0 atom stereocenters. The largest absolute Gasteiger partial charge is 0.493 e. The molecule has 176 valence electrons. The molecule has 0 unspecified atom stereocenters. The number of nitrogens with zero attached hydrogens (tertiary/aromatic N) is 3. The van der Waals surface area contributed by atoms with Gasteiger partial charge in [0.25, 0.3) is 5.56 Å². The summed E-state index contributed by atoms with van der Waals surface area (Å²) >= 11 is 9.68. The third kappa shape index (κ3) is 4.42. The number of fused-ring (bicyclic) bond motifs is 2. The van der Waals surface area contributed by atoms with Crippen molar-refractivity contribution in [3.63, 3.8) is 0 Å². The second kappa shape index (κ2) is 9.56. The number of para-hydroxylation sites is 1. The molecule has 0 saturated heterocycles. The molecule has 9 heteroatoms. The van der Waals surface area contributed by atoms with Gasteiger partial charge in [-0.2, -0.15) is 9.78 Å². The van der Waals surface area contributed by atoms with E-state index in [4.69, 9.17) is 30.5 Å². The van der Waals surface area contributed by atoms with Crippen molar-refractivity contribution in [1.29, 1.82) is 0 Å². The molecule has 0 bridgehead atoms. The summed E-state index contributed by atoms with van der Waals surface area (Å²) in [7, 11) is 1.57. The van der Waals surface area contributed by atoms with Crippen molar-refractivity contribution in [3.8, 4) is 23.1 Å². The number of hydrogen-bond acceptors (Lipinski definition) is 6. The van der Waals surface area contributed by atoms with Gasteiger partial charge in [0.1, 0.15) is 5.58 Å². The van der Waals surface area contributed by atoms with Gasteiger partial charge in [-0.1, -0.05) is 23.7 Å². The molecule has 35 heavy (non-hydrogen) atoms. The highest BCUT2D eigenvalue weighted by molar-refractivity contribution is 9.10. The number of rotatable bonds is 6. The van der Waals surface area contributed by atoms with Crippen molar-refractivity contribution < 1.29 is 13.9 Å². The fourth-order valence-corrected chi connectivity index (χ4v) is 4.32. The predicted octanol–water partition coefficient (Wildman–Crippen LogP) is 6.52. The zero-order chi connectivity index (χ0) is 24.5. The molecule has 5 rings (SSSR count). The molecular formula is C26H19BrClN3O4. The second-order valence-electron chi connectivity index (χ2n) is 7.56. The maximum absolute atomic E-state index is 13.5. The van der Waals surface area contributed by atoms with Crippen LogP contribution in [0.5, 0.6) is 11.5 Å². The predicted molar refractivity (Wildman–Crippen MR) is 141 cm³/mol. The van der Waals surface area contributed by atoms with E-state index in [1.165, 1.54) is 4.68 Å². The Bertz CT molecular complexity index is 1660. The van der Waals surface area contributed by atoms with Crippen LogP contribution >= 0.6 is 27.5 Å². The summed E-state index contributed by atoms with van der Waals surface area (Å²) in [6.07, 6.45) is 1.56. The fourth-order valence-electron chi connectivity index (χ4n) is 3.71. The summed E-state index contributed by atoms with van der Waals surface area (Å²) in [6.45, 7) is 2.37. The van der Waals surface area contributed by atoms with Crippen LogP contribution in [-0.2, 0) is 0 Å². The van der Waals surface area contributed by atoms with Crippen LogP contribution in [0.15, 0.2) is 79.4 Å². The lowest BCUT2D eigenvalue weighted by Crippen LogP contribution is -2.20. The normalized spacial score (nSPS) is 11.5. The van der Waals surface area contributed by atoms with Crippen molar-refractivity contribution in [2.45, 2.75) is 6.92 Å². The Kier molecular flexibility index (Phi) is 6.32. The van der Waals surface area contributed by atoms with E-state index in [1.54, 1.807) is 67.9 Å². The molecule has 0 amide bonds. The Morgan fingerprint density at radius 1 is 1.14 bits per heavy atom. The Hall–Kier alpha value is -3.62. The topological polar surface area (TPSA) is 78.9 Å². The van der Waals surface area contributed by atoms with E-state index < -0.39 is 0 Å². The number of hydrogen-bond donors (Lipinski definition) is 0. The highest BCUT2D eigenvalue weighted by atomic mass is 79.9. The van der Waals surface area contributed by atoms with E-state index >= 15 is 0 Å². The number of ether oxygens (including phenoxy) is 2. The molecule has 0 saturated carbocycles. The third-order valence-corrected chi connectivity index (χ3v) is 6.27. The average molecular weight is 553 g/mol. The van der Waals surface area contributed by atoms with E-state index in [9.17, 15) is 4.79 Å². The van der Waals surface area contributed by atoms with Crippen LogP contribution in [-0.4, -0.2) is 29.6 Å². The standard InChI is InChI=1S/C26H19BrClN3O4/c1-3-34-23-12-16(19(27)13-22(23)33-2)14-29-31-25(30-20-7-5-4-6-18(20)26(31)32)24-11-15-10-17(28)8-9-21(15)35-24/h4-14H,3H2,1-2H3. The molecule has 0 spiro atoms. The molecule has 0 aliphatic heterocycles. The maximum Gasteiger partial charge on any atom is 0.282 e. The second-order valence-corrected chi connectivity index (χ2v) is 8.86. The molecule has 0 aliphatic carbocycles. The summed E-state index contributed by atoms with van der Waals surface area (Å²) < 4.78 is 19.0. The Labute approximate surface area is 213 Å². The smallest absolute Gasteiger partial charge is 0.282 e. The molecule has 7 nitrogen and oxygen atoms in total. The van der Waals surface area contributed by atoms with Crippen molar-refractivity contribution in [2.75, 3.05) is 13.7 Å². The monoisotopic (exact) mass is 551 g/mol. The van der Waals surface area contributed by atoms with Gasteiger partial charge in [0.2, 0.25) is 5.82 Å². The van der Waals surface area contributed by atoms with Crippen LogP contribution < -0.4 is 15.0 Å². The van der Waals surface area contributed by atoms with Gasteiger partial charge >= 0.3 is 0 Å². The van der Waals surface area contributed by atoms with Gasteiger partial charge in [0.05, 0.1) is 30.8 Å². The van der Waals surface area contributed by atoms with Crippen LogP contribution in [0.3, 0.4) is 0 Å². The minimum absolute atomic E-state index is 0.270. The van der Waals surface area contributed by atoms with E-state index in [0.717, 1.165) is 9.86 Å². The molecule has 3 aromatic carbocycles. The summed E-state index contributed by atoms with van der Waals surface area (Å²) in [5.41, 5.74) is 1.54. The van der Waals surface area contributed by atoms with Gasteiger partial charge in [-0.25, -0.2) is 4.98 Å². The van der Waals surface area contributed by atoms with Crippen LogP contribution in [0.1, 0.15) is 12.5 Å². The third-order valence-electron chi connectivity index (χ3n) is 5.35. The quantitative estimate of drug-likeness (QED) is 0.224. The van der Waals surface area contributed by atoms with E-state index in [2.05, 4.69) is 21.0 Å². The Morgan fingerprint density at radius 3 is 2.77 bits per heavy atom. The highest BCUT2D eigenvalue weighted by Gasteiger charge is 2.17. The lowest BCUT2D eigenvalue weighted by Gasteiger charge is -2.11. The molecule has 0 fully saturated rings. The number of benzene rings is 3. The van der Waals surface area contributed by atoms with Crippen LogP contribution in [0, 0.1) is 0 Å². The highest BCUT2D eigenvalue weighted by Crippen LogP contribution is 2.33. The van der Waals surface area contributed by atoms with Gasteiger partial charge in [-0.15, -0.1) is 0 Å². The number of aromatic nitrogens is 2. The molecule has 2 aromatic heterocycles. The molecule has 0 aliphatic rings. The number of methoxy groups -OCH3 is 1. The fraction of sp³-hybridized carbons (Fsp3) is 0.115. The lowest BCUT2D eigenvalue weighted by molar-refractivity contribution is 0.311. The molecular weight excluding hydrogens is 534 g/mol. The molecule has 2 heterocycles. The average Bonchev–Trinajstić information content (AvgIpc) is 3.28. The lowest BCUT2D eigenvalue weighted by atomic mass is 10.2. The van der Waals surface area contributed by atoms with Gasteiger partial charge in [-0.3, -0.25) is 4.79 Å². The first-order chi connectivity index (χ1) is 17.0. The Balaban J connectivity index is 1.70. The summed E-state index contributed by atoms with van der Waals surface area (Å²) in [4.78, 5) is 18.2. The summed E-state index contributed by atoms with van der Waals surface area (Å²) in [6, 6.07) is 17.8. The number of halogens is 2. The van der Waals surface area contributed by atoms with Crippen LogP contribution in [0.4, 0.5) is 0 Å². The summed E-state index contributed by atoms with van der Waals surface area (Å²) in [5, 5.41) is 6.33. The molecule has 0 N–H and O–H groups in total. The van der Waals surface area contributed by atoms with Gasteiger partial charge < -0.3 is 13.9 Å². The van der Waals surface area contributed by atoms with Gasteiger partial charge in [0.15, 0.2) is 17.3 Å². The van der Waals surface area contributed by atoms with E-state index in [-0.39, 0.29) is 11.4 Å². The summed E-state index contributed by atoms with van der Waals surface area (Å²) in [5.74, 6) is 1.82. The molecule has 0 radical (unpaired) electrons. The zero-order valence-electron chi connectivity index (χ0n) is 18.8. The SMILES string of the molecule is CCOc1cc(C=Nn2c(-c3cc4cc(Cl)ccc4o3)nc3ccccc3c2=O)c(Br)cc1OC. The van der Waals surface area contributed by atoms with Gasteiger partial charge in [-0.05, 0) is 71.4 Å². The van der Waals surface area contributed by atoms with E-state index in [1.807, 2.05) is 13.0 Å². The van der Waals surface area contributed by atoms with Crippen LogP contribution in [0.25, 0.3) is 33.5 Å². The van der Waals surface area contributed by atoms with Crippen molar-refractivity contribution in [2.24, 2.45) is 5.10 Å².